The average Bonchev–Trinajstić information content (AvgIpc) is 3.41. The molecule has 0 radical (unpaired) electrons. The standard InChI is InChI=1S/C16H19ClN6O4S2/c1-7(5-29-16-18-2-3-28-16)20-12-9-13(22-15(17)21-12)23(6-19-9)14-11(26)10(25)8(4-24)27-14/h2-3,6-8,10-11,14,24-26H,4-5H2,1H3,(H,20,21,22)/t7-,8-,10?,11?,14-/m1/s1. The van der Waals surface area contributed by atoms with Gasteiger partial charge >= 0.3 is 0 Å². The number of thioether (sulfide) groups is 1. The van der Waals surface area contributed by atoms with Gasteiger partial charge in [0.15, 0.2) is 23.2 Å². The third-order valence-electron chi connectivity index (χ3n) is 4.44. The van der Waals surface area contributed by atoms with Gasteiger partial charge in [-0.3, -0.25) is 4.57 Å². The van der Waals surface area contributed by atoms with Crippen molar-refractivity contribution >= 4 is 51.7 Å². The fourth-order valence-electron chi connectivity index (χ4n) is 3.04. The largest absolute Gasteiger partial charge is 0.394 e. The van der Waals surface area contributed by atoms with Gasteiger partial charge in [-0.15, -0.1) is 11.3 Å². The van der Waals surface area contributed by atoms with E-state index in [4.69, 9.17) is 16.3 Å². The summed E-state index contributed by atoms with van der Waals surface area (Å²) in [5.74, 6) is 1.21. The fraction of sp³-hybridized carbons (Fsp3) is 0.500. The topological polar surface area (TPSA) is 138 Å². The van der Waals surface area contributed by atoms with E-state index in [2.05, 4.69) is 25.3 Å². The van der Waals surface area contributed by atoms with Gasteiger partial charge in [0.2, 0.25) is 5.28 Å². The van der Waals surface area contributed by atoms with E-state index in [0.717, 1.165) is 10.1 Å². The highest BCUT2D eigenvalue weighted by atomic mass is 35.5. The first-order valence-electron chi connectivity index (χ1n) is 8.79. The van der Waals surface area contributed by atoms with Crippen molar-refractivity contribution in [3.8, 4) is 0 Å². The number of imidazole rings is 1. The predicted octanol–water partition coefficient (Wildman–Crippen LogP) is 1.14. The Morgan fingerprint density at radius 1 is 1.34 bits per heavy atom. The SMILES string of the molecule is C[C@H](CSc1nccs1)Nc1nc(Cl)nc2c1ncn2[C@@H]1O[C@H](CO)C(O)C1O. The minimum atomic E-state index is -1.25. The summed E-state index contributed by atoms with van der Waals surface area (Å²) in [6.45, 7) is 1.59. The monoisotopic (exact) mass is 458 g/mol. The summed E-state index contributed by atoms with van der Waals surface area (Å²) in [6, 6.07) is 0.0390. The van der Waals surface area contributed by atoms with Crippen LogP contribution in [-0.2, 0) is 4.74 Å². The average molecular weight is 459 g/mol. The van der Waals surface area contributed by atoms with Crippen LogP contribution in [0.3, 0.4) is 0 Å². The van der Waals surface area contributed by atoms with Crippen molar-refractivity contribution in [2.45, 2.75) is 41.8 Å². The first-order valence-corrected chi connectivity index (χ1v) is 11.0. The molecule has 1 aliphatic heterocycles. The molecule has 0 bridgehead atoms. The summed E-state index contributed by atoms with van der Waals surface area (Å²) in [4.78, 5) is 17.0. The van der Waals surface area contributed by atoms with Crippen LogP contribution in [0, 0.1) is 0 Å². The third-order valence-corrected chi connectivity index (χ3v) is 6.83. The zero-order valence-corrected chi connectivity index (χ0v) is 17.6. The molecule has 0 spiro atoms. The molecule has 0 amide bonds. The van der Waals surface area contributed by atoms with E-state index in [1.807, 2.05) is 12.3 Å². The van der Waals surface area contributed by atoms with E-state index >= 15 is 0 Å². The van der Waals surface area contributed by atoms with Gasteiger partial charge in [0.25, 0.3) is 0 Å². The van der Waals surface area contributed by atoms with Crippen molar-refractivity contribution in [2.75, 3.05) is 17.7 Å². The molecule has 3 aromatic heterocycles. The van der Waals surface area contributed by atoms with Gasteiger partial charge in [-0.05, 0) is 18.5 Å². The molecule has 10 nitrogen and oxygen atoms in total. The van der Waals surface area contributed by atoms with Crippen LogP contribution in [0.1, 0.15) is 13.2 Å². The Morgan fingerprint density at radius 2 is 2.17 bits per heavy atom. The summed E-state index contributed by atoms with van der Waals surface area (Å²) < 4.78 is 8.03. The molecule has 2 unspecified atom stereocenters. The normalized spacial score (nSPS) is 25.6. The highest BCUT2D eigenvalue weighted by Crippen LogP contribution is 2.33. The maximum absolute atomic E-state index is 10.3. The minimum absolute atomic E-state index is 0.00766. The Morgan fingerprint density at radius 3 is 2.86 bits per heavy atom. The molecule has 156 valence electrons. The molecule has 1 fully saturated rings. The van der Waals surface area contributed by atoms with Crippen molar-refractivity contribution in [1.29, 1.82) is 0 Å². The van der Waals surface area contributed by atoms with Gasteiger partial charge in [0.1, 0.15) is 22.7 Å². The van der Waals surface area contributed by atoms with Gasteiger partial charge in [-0.25, -0.2) is 9.97 Å². The number of ether oxygens (including phenoxy) is 1. The molecule has 0 saturated carbocycles. The Hall–Kier alpha value is -1.54. The lowest BCUT2D eigenvalue weighted by atomic mass is 10.1. The van der Waals surface area contributed by atoms with Crippen LogP contribution >= 0.6 is 34.7 Å². The lowest BCUT2D eigenvalue weighted by Gasteiger charge is -2.17. The molecule has 4 N–H and O–H groups in total. The number of aliphatic hydroxyl groups is 3. The molecule has 5 atom stereocenters. The van der Waals surface area contributed by atoms with E-state index in [1.54, 1.807) is 29.3 Å². The fourth-order valence-corrected chi connectivity index (χ4v) is 4.82. The lowest BCUT2D eigenvalue weighted by molar-refractivity contribution is -0.0511. The third kappa shape index (κ3) is 4.19. The maximum atomic E-state index is 10.3. The Labute approximate surface area is 178 Å². The van der Waals surface area contributed by atoms with Gasteiger partial charge < -0.3 is 25.4 Å². The molecular formula is C16H19ClN6O4S2. The molecule has 4 rings (SSSR count). The number of aliphatic hydroxyl groups excluding tert-OH is 3. The summed E-state index contributed by atoms with van der Waals surface area (Å²) in [5, 5.41) is 34.8. The first kappa shape index (κ1) is 20.7. The summed E-state index contributed by atoms with van der Waals surface area (Å²) in [5.41, 5.74) is 0.806. The highest BCUT2D eigenvalue weighted by molar-refractivity contribution is 8.01. The maximum Gasteiger partial charge on any atom is 0.226 e. The van der Waals surface area contributed by atoms with E-state index in [-0.39, 0.29) is 11.3 Å². The number of nitrogens with zero attached hydrogens (tertiary/aromatic N) is 5. The number of fused-ring (bicyclic) bond motifs is 1. The Bertz CT molecular complexity index is 974. The van der Waals surface area contributed by atoms with Crippen LogP contribution in [0.25, 0.3) is 11.2 Å². The minimum Gasteiger partial charge on any atom is -0.394 e. The quantitative estimate of drug-likeness (QED) is 0.301. The van der Waals surface area contributed by atoms with Crippen molar-refractivity contribution in [2.24, 2.45) is 0 Å². The number of anilines is 1. The first-order chi connectivity index (χ1) is 14.0. The molecule has 0 aromatic carbocycles. The molecule has 1 saturated heterocycles. The lowest BCUT2D eigenvalue weighted by Crippen LogP contribution is -2.33. The molecule has 3 aromatic rings. The second kappa shape index (κ2) is 8.68. The molecular weight excluding hydrogens is 440 g/mol. The molecule has 1 aliphatic rings. The summed E-state index contributed by atoms with van der Waals surface area (Å²) in [6.07, 6.45) is -1.11. The Balaban J connectivity index is 1.57. The van der Waals surface area contributed by atoms with Crippen LogP contribution < -0.4 is 5.32 Å². The number of hydrogen-bond acceptors (Lipinski definition) is 11. The van der Waals surface area contributed by atoms with Gasteiger partial charge in [-0.1, -0.05) is 11.8 Å². The highest BCUT2D eigenvalue weighted by Gasteiger charge is 2.44. The molecule has 4 heterocycles. The van der Waals surface area contributed by atoms with Crippen molar-refractivity contribution in [3.05, 3.63) is 23.2 Å². The zero-order valence-electron chi connectivity index (χ0n) is 15.2. The van der Waals surface area contributed by atoms with Crippen molar-refractivity contribution in [3.63, 3.8) is 0 Å². The number of thiazole rings is 1. The van der Waals surface area contributed by atoms with Crippen LogP contribution in [-0.4, -0.2) is 76.5 Å². The zero-order chi connectivity index (χ0) is 20.5. The second-order valence-corrected chi connectivity index (χ2v) is 9.05. The van der Waals surface area contributed by atoms with Gasteiger partial charge in [0.05, 0.1) is 12.9 Å². The van der Waals surface area contributed by atoms with Crippen LogP contribution in [0.15, 0.2) is 22.2 Å². The molecule has 13 heteroatoms. The van der Waals surface area contributed by atoms with Crippen LogP contribution in [0.5, 0.6) is 0 Å². The summed E-state index contributed by atoms with van der Waals surface area (Å²) in [7, 11) is 0. The van der Waals surface area contributed by atoms with E-state index in [9.17, 15) is 15.3 Å². The number of rotatable bonds is 7. The predicted molar refractivity (Wildman–Crippen MR) is 109 cm³/mol. The van der Waals surface area contributed by atoms with Gasteiger partial charge in [-0.2, -0.15) is 9.97 Å². The van der Waals surface area contributed by atoms with Crippen molar-refractivity contribution < 1.29 is 20.1 Å². The number of halogens is 1. The van der Waals surface area contributed by atoms with E-state index in [0.29, 0.717) is 17.0 Å². The molecule has 29 heavy (non-hydrogen) atoms. The van der Waals surface area contributed by atoms with Crippen LogP contribution in [0.4, 0.5) is 5.82 Å². The summed E-state index contributed by atoms with van der Waals surface area (Å²) >= 11 is 9.33. The number of aromatic nitrogens is 5. The number of nitrogens with one attached hydrogen (secondary N) is 1. The smallest absolute Gasteiger partial charge is 0.226 e. The van der Waals surface area contributed by atoms with Gasteiger partial charge in [0, 0.05) is 23.4 Å². The van der Waals surface area contributed by atoms with E-state index < -0.39 is 31.1 Å². The van der Waals surface area contributed by atoms with Crippen LogP contribution in [0.2, 0.25) is 5.28 Å². The second-order valence-electron chi connectivity index (χ2n) is 6.55. The number of hydrogen-bond donors (Lipinski definition) is 4. The van der Waals surface area contributed by atoms with Crippen molar-refractivity contribution in [1.82, 2.24) is 24.5 Å². The van der Waals surface area contributed by atoms with E-state index in [1.165, 1.54) is 10.9 Å². The molecule has 0 aliphatic carbocycles. The Kier molecular flexibility index (Phi) is 6.20.